The van der Waals surface area contributed by atoms with Crippen LogP contribution in [0, 0.1) is 6.92 Å². The van der Waals surface area contributed by atoms with Gasteiger partial charge in [-0.1, -0.05) is 0 Å². The summed E-state index contributed by atoms with van der Waals surface area (Å²) < 4.78 is 0. The summed E-state index contributed by atoms with van der Waals surface area (Å²) in [5, 5.41) is 11.4. The van der Waals surface area contributed by atoms with E-state index in [1.807, 2.05) is 25.9 Å². The van der Waals surface area contributed by atoms with Crippen LogP contribution in [0.15, 0.2) is 12.1 Å². The van der Waals surface area contributed by atoms with E-state index in [4.69, 9.17) is 5.11 Å². The molecule has 0 atom stereocenters. The average Bonchev–Trinajstić information content (AvgIpc) is 2.67. The number of amides is 1. The van der Waals surface area contributed by atoms with Gasteiger partial charge in [-0.2, -0.15) is 0 Å². The molecule has 1 aromatic heterocycles. The first kappa shape index (κ1) is 15.4. The van der Waals surface area contributed by atoms with Crippen LogP contribution >= 0.6 is 11.3 Å². The second-order valence-corrected chi connectivity index (χ2v) is 5.47. The Morgan fingerprint density at radius 3 is 2.74 bits per heavy atom. The molecule has 0 spiro atoms. The van der Waals surface area contributed by atoms with Gasteiger partial charge in [0.2, 0.25) is 0 Å². The molecular weight excluding hydrogens is 264 g/mol. The Balaban J connectivity index is 2.66. The second-order valence-electron chi connectivity index (χ2n) is 4.39. The number of rotatable bonds is 6. The quantitative estimate of drug-likeness (QED) is 0.775. The van der Waals surface area contributed by atoms with Crippen LogP contribution in [-0.2, 0) is 4.79 Å². The van der Waals surface area contributed by atoms with Gasteiger partial charge in [0.15, 0.2) is 0 Å². The molecule has 0 radical (unpaired) electrons. The second kappa shape index (κ2) is 7.06. The zero-order valence-electron chi connectivity index (χ0n) is 11.3. The zero-order chi connectivity index (χ0) is 14.4. The number of carboxylic acids is 1. The van der Waals surface area contributed by atoms with E-state index in [0.29, 0.717) is 11.4 Å². The predicted octanol–water partition coefficient (Wildman–Crippen LogP) is 1.45. The highest BCUT2D eigenvalue weighted by molar-refractivity contribution is 7.15. The maximum atomic E-state index is 11.9. The van der Waals surface area contributed by atoms with E-state index < -0.39 is 5.97 Å². The molecule has 0 saturated carbocycles. The number of carbonyl (C=O) groups excluding carboxylic acids is 1. The molecule has 0 fully saturated rings. The van der Waals surface area contributed by atoms with E-state index in [1.54, 1.807) is 6.07 Å². The van der Waals surface area contributed by atoms with E-state index in [-0.39, 0.29) is 5.91 Å². The van der Waals surface area contributed by atoms with Crippen molar-refractivity contribution in [1.82, 2.24) is 10.2 Å². The lowest BCUT2D eigenvalue weighted by Crippen LogP contribution is -2.30. The Bertz CT molecular complexity index is 492. The highest BCUT2D eigenvalue weighted by Crippen LogP contribution is 2.23. The highest BCUT2D eigenvalue weighted by atomic mass is 32.1. The summed E-state index contributed by atoms with van der Waals surface area (Å²) in [5.74, 6) is -1.12. The Labute approximate surface area is 116 Å². The van der Waals surface area contributed by atoms with Crippen LogP contribution in [0.4, 0.5) is 0 Å². The van der Waals surface area contributed by atoms with Gasteiger partial charge >= 0.3 is 5.97 Å². The molecule has 0 bridgehead atoms. The smallest absolute Gasteiger partial charge is 0.328 e. The van der Waals surface area contributed by atoms with Gasteiger partial charge in [0, 0.05) is 24.0 Å². The molecule has 0 aliphatic heterocycles. The van der Waals surface area contributed by atoms with Crippen molar-refractivity contribution in [1.29, 1.82) is 0 Å². The van der Waals surface area contributed by atoms with Crippen LogP contribution in [0.3, 0.4) is 0 Å². The molecule has 5 nitrogen and oxygen atoms in total. The number of carboxylic acid groups (broad SMARTS) is 1. The van der Waals surface area contributed by atoms with Gasteiger partial charge in [0.25, 0.3) is 5.91 Å². The topological polar surface area (TPSA) is 69.6 Å². The minimum atomic E-state index is -0.996. The van der Waals surface area contributed by atoms with Crippen LogP contribution in [0.1, 0.15) is 20.1 Å². The van der Waals surface area contributed by atoms with Gasteiger partial charge < -0.3 is 15.3 Å². The number of carbonyl (C=O) groups is 2. The van der Waals surface area contributed by atoms with Crippen molar-refractivity contribution in [3.63, 3.8) is 0 Å². The number of thiophene rings is 1. The van der Waals surface area contributed by atoms with Gasteiger partial charge in [0.05, 0.1) is 4.88 Å². The third-order valence-corrected chi connectivity index (χ3v) is 3.60. The molecule has 0 aliphatic carbocycles. The predicted molar refractivity (Wildman–Crippen MR) is 76.6 cm³/mol. The molecule has 1 heterocycles. The van der Waals surface area contributed by atoms with E-state index in [1.165, 1.54) is 17.4 Å². The lowest BCUT2D eigenvalue weighted by atomic mass is 10.2. The molecule has 1 rings (SSSR count). The molecule has 104 valence electrons. The van der Waals surface area contributed by atoms with Crippen LogP contribution < -0.4 is 5.32 Å². The standard InChI is InChI=1S/C13H18N2O3S/c1-9-8-11(13(18)14-6-7-15(2)3)19-10(9)4-5-12(16)17/h4-5,8H,6-7H2,1-3H3,(H,14,18)(H,16,17). The lowest BCUT2D eigenvalue weighted by molar-refractivity contribution is -0.131. The summed E-state index contributed by atoms with van der Waals surface area (Å²) in [5.41, 5.74) is 0.903. The van der Waals surface area contributed by atoms with Gasteiger partial charge in [-0.25, -0.2) is 4.79 Å². The summed E-state index contributed by atoms with van der Waals surface area (Å²) in [7, 11) is 3.88. The molecule has 1 amide bonds. The van der Waals surface area contributed by atoms with Crippen LogP contribution in [0.2, 0.25) is 0 Å². The van der Waals surface area contributed by atoms with Gasteiger partial charge in [-0.05, 0) is 38.7 Å². The minimum absolute atomic E-state index is 0.120. The number of aryl methyl sites for hydroxylation is 1. The number of nitrogens with one attached hydrogen (secondary N) is 1. The van der Waals surface area contributed by atoms with Crippen LogP contribution in [0.5, 0.6) is 0 Å². The third-order valence-electron chi connectivity index (χ3n) is 2.40. The number of likely N-dealkylation sites (N-methyl/N-ethyl adjacent to an activating group) is 1. The van der Waals surface area contributed by atoms with Crippen LogP contribution in [0.25, 0.3) is 6.08 Å². The molecule has 0 aliphatic rings. The number of nitrogens with zero attached hydrogens (tertiary/aromatic N) is 1. The number of hydrogen-bond donors (Lipinski definition) is 2. The molecule has 19 heavy (non-hydrogen) atoms. The van der Waals surface area contributed by atoms with Crippen molar-refractivity contribution in [3.8, 4) is 0 Å². The van der Waals surface area contributed by atoms with E-state index in [9.17, 15) is 9.59 Å². The number of aliphatic carboxylic acids is 1. The SMILES string of the molecule is Cc1cc(C(=O)NCCN(C)C)sc1C=CC(=O)O. The molecule has 2 N–H and O–H groups in total. The summed E-state index contributed by atoms with van der Waals surface area (Å²) in [4.78, 5) is 25.7. The molecule has 1 aromatic rings. The molecule has 0 aromatic carbocycles. The normalized spacial score (nSPS) is 11.2. The molecule has 0 unspecified atom stereocenters. The van der Waals surface area contributed by atoms with Crippen molar-refractivity contribution in [2.45, 2.75) is 6.92 Å². The highest BCUT2D eigenvalue weighted by Gasteiger charge is 2.10. The fraction of sp³-hybridized carbons (Fsp3) is 0.385. The summed E-state index contributed by atoms with van der Waals surface area (Å²) in [6.07, 6.45) is 2.59. The maximum Gasteiger partial charge on any atom is 0.328 e. The fourth-order valence-electron chi connectivity index (χ4n) is 1.40. The first-order valence-electron chi connectivity index (χ1n) is 5.84. The Morgan fingerprint density at radius 2 is 2.16 bits per heavy atom. The molecule has 6 heteroatoms. The average molecular weight is 282 g/mol. The Kier molecular flexibility index (Phi) is 5.72. The van der Waals surface area contributed by atoms with E-state index in [2.05, 4.69) is 5.32 Å². The third kappa shape index (κ3) is 5.23. The van der Waals surface area contributed by atoms with Crippen molar-refractivity contribution >= 4 is 29.3 Å². The lowest BCUT2D eigenvalue weighted by Gasteiger charge is -2.09. The fourth-order valence-corrected chi connectivity index (χ4v) is 2.39. The Morgan fingerprint density at radius 1 is 1.47 bits per heavy atom. The minimum Gasteiger partial charge on any atom is -0.478 e. The first-order chi connectivity index (χ1) is 8.90. The summed E-state index contributed by atoms with van der Waals surface area (Å²) in [6.45, 7) is 3.22. The van der Waals surface area contributed by atoms with Crippen molar-refractivity contribution in [2.75, 3.05) is 27.2 Å². The van der Waals surface area contributed by atoms with Crippen molar-refractivity contribution in [2.24, 2.45) is 0 Å². The van der Waals surface area contributed by atoms with Crippen LogP contribution in [-0.4, -0.2) is 49.1 Å². The summed E-state index contributed by atoms with van der Waals surface area (Å²) >= 11 is 1.29. The maximum absolute atomic E-state index is 11.9. The monoisotopic (exact) mass is 282 g/mol. The molecular formula is C13H18N2O3S. The largest absolute Gasteiger partial charge is 0.478 e. The van der Waals surface area contributed by atoms with Gasteiger partial charge in [-0.15, -0.1) is 11.3 Å². The van der Waals surface area contributed by atoms with Gasteiger partial charge in [0.1, 0.15) is 0 Å². The van der Waals surface area contributed by atoms with Crippen molar-refractivity contribution in [3.05, 3.63) is 27.5 Å². The summed E-state index contributed by atoms with van der Waals surface area (Å²) in [6, 6.07) is 1.77. The first-order valence-corrected chi connectivity index (χ1v) is 6.66. The van der Waals surface area contributed by atoms with Gasteiger partial charge in [-0.3, -0.25) is 4.79 Å². The molecule has 0 saturated heterocycles. The number of hydrogen-bond acceptors (Lipinski definition) is 4. The van der Waals surface area contributed by atoms with E-state index >= 15 is 0 Å². The van der Waals surface area contributed by atoms with E-state index in [0.717, 1.165) is 23.1 Å². The Hall–Kier alpha value is -1.66. The zero-order valence-corrected chi connectivity index (χ0v) is 12.1. The van der Waals surface area contributed by atoms with Crippen molar-refractivity contribution < 1.29 is 14.7 Å².